The minimum atomic E-state index is 0.0981. The molecule has 0 fully saturated rings. The standard InChI is InChI=1S/C17H17N3/c1-12-7-14(10-19-8-12)17(18-2)16-11-20-9-13-5-3-4-6-15(13)16/h3-11,17-18H,1-2H3. The average molecular weight is 263 g/mol. The SMILES string of the molecule is CNC(c1cncc(C)c1)c1cncc2ccccc12. The van der Waals surface area contributed by atoms with Gasteiger partial charge in [0.05, 0.1) is 6.04 Å². The topological polar surface area (TPSA) is 37.8 Å². The summed E-state index contributed by atoms with van der Waals surface area (Å²) in [5.74, 6) is 0. The highest BCUT2D eigenvalue weighted by molar-refractivity contribution is 5.85. The number of fused-ring (bicyclic) bond motifs is 1. The molecule has 1 aromatic carbocycles. The van der Waals surface area contributed by atoms with E-state index in [1.54, 1.807) is 0 Å². The van der Waals surface area contributed by atoms with Crippen LogP contribution >= 0.6 is 0 Å². The molecule has 100 valence electrons. The van der Waals surface area contributed by atoms with E-state index in [1.807, 2.05) is 37.9 Å². The van der Waals surface area contributed by atoms with Gasteiger partial charge in [-0.3, -0.25) is 9.97 Å². The van der Waals surface area contributed by atoms with E-state index in [0.29, 0.717) is 0 Å². The first kappa shape index (κ1) is 12.8. The third-order valence-corrected chi connectivity index (χ3v) is 3.53. The zero-order chi connectivity index (χ0) is 13.9. The lowest BCUT2D eigenvalue weighted by molar-refractivity contribution is 0.690. The molecule has 0 saturated heterocycles. The van der Waals surface area contributed by atoms with Crippen molar-refractivity contribution in [2.24, 2.45) is 0 Å². The Balaban J connectivity index is 2.17. The molecule has 1 atom stereocenters. The highest BCUT2D eigenvalue weighted by Crippen LogP contribution is 2.27. The lowest BCUT2D eigenvalue weighted by Crippen LogP contribution is -2.18. The molecule has 0 saturated carbocycles. The molecule has 0 amide bonds. The summed E-state index contributed by atoms with van der Waals surface area (Å²) < 4.78 is 0. The number of hydrogen-bond acceptors (Lipinski definition) is 3. The van der Waals surface area contributed by atoms with E-state index in [1.165, 1.54) is 10.9 Å². The lowest BCUT2D eigenvalue weighted by atomic mass is 9.96. The van der Waals surface area contributed by atoms with Gasteiger partial charge in [0.15, 0.2) is 0 Å². The summed E-state index contributed by atoms with van der Waals surface area (Å²) in [5.41, 5.74) is 3.50. The average Bonchev–Trinajstić information content (AvgIpc) is 2.48. The van der Waals surface area contributed by atoms with Gasteiger partial charge in [0.2, 0.25) is 0 Å². The molecule has 1 unspecified atom stereocenters. The van der Waals surface area contributed by atoms with E-state index in [2.05, 4.69) is 46.5 Å². The molecule has 3 aromatic rings. The molecular formula is C17H17N3. The molecule has 3 nitrogen and oxygen atoms in total. The van der Waals surface area contributed by atoms with Crippen LogP contribution in [0.1, 0.15) is 22.7 Å². The highest BCUT2D eigenvalue weighted by atomic mass is 14.9. The zero-order valence-corrected chi connectivity index (χ0v) is 11.7. The maximum Gasteiger partial charge on any atom is 0.0611 e. The molecule has 1 N–H and O–H groups in total. The molecule has 0 spiro atoms. The van der Waals surface area contributed by atoms with Crippen LogP contribution in [0.2, 0.25) is 0 Å². The highest BCUT2D eigenvalue weighted by Gasteiger charge is 2.15. The maximum atomic E-state index is 4.37. The van der Waals surface area contributed by atoms with Crippen molar-refractivity contribution in [1.29, 1.82) is 0 Å². The monoisotopic (exact) mass is 263 g/mol. The zero-order valence-electron chi connectivity index (χ0n) is 11.7. The predicted octanol–water partition coefficient (Wildman–Crippen LogP) is 3.25. The summed E-state index contributed by atoms with van der Waals surface area (Å²) in [6, 6.07) is 10.6. The van der Waals surface area contributed by atoms with E-state index in [-0.39, 0.29) is 6.04 Å². The number of nitrogens with one attached hydrogen (secondary N) is 1. The van der Waals surface area contributed by atoms with Gasteiger partial charge < -0.3 is 5.32 Å². The second kappa shape index (κ2) is 5.39. The van der Waals surface area contributed by atoms with Crippen molar-refractivity contribution < 1.29 is 0 Å². The minimum absolute atomic E-state index is 0.0981. The summed E-state index contributed by atoms with van der Waals surface area (Å²) in [6.07, 6.45) is 7.62. The Bertz CT molecular complexity index is 732. The van der Waals surface area contributed by atoms with Crippen LogP contribution < -0.4 is 5.32 Å². The van der Waals surface area contributed by atoms with Gasteiger partial charge in [-0.1, -0.05) is 30.3 Å². The predicted molar refractivity (Wildman–Crippen MR) is 81.6 cm³/mol. The molecule has 3 rings (SSSR count). The second-order valence-corrected chi connectivity index (χ2v) is 4.97. The van der Waals surface area contributed by atoms with Crippen LogP contribution in [0.15, 0.2) is 55.1 Å². The fourth-order valence-corrected chi connectivity index (χ4v) is 2.61. The molecule has 20 heavy (non-hydrogen) atoms. The van der Waals surface area contributed by atoms with Gasteiger partial charge in [-0.15, -0.1) is 0 Å². The van der Waals surface area contributed by atoms with Gasteiger partial charge in [-0.2, -0.15) is 0 Å². The van der Waals surface area contributed by atoms with Crippen molar-refractivity contribution in [2.75, 3.05) is 7.05 Å². The van der Waals surface area contributed by atoms with Crippen molar-refractivity contribution in [3.8, 4) is 0 Å². The number of hydrogen-bond donors (Lipinski definition) is 1. The smallest absolute Gasteiger partial charge is 0.0611 e. The van der Waals surface area contributed by atoms with Crippen LogP contribution in [-0.4, -0.2) is 17.0 Å². The second-order valence-electron chi connectivity index (χ2n) is 4.97. The lowest BCUT2D eigenvalue weighted by Gasteiger charge is -2.18. The van der Waals surface area contributed by atoms with Crippen molar-refractivity contribution in [1.82, 2.24) is 15.3 Å². The number of rotatable bonds is 3. The Kier molecular flexibility index (Phi) is 3.44. The largest absolute Gasteiger partial charge is 0.309 e. The first-order valence-electron chi connectivity index (χ1n) is 6.71. The van der Waals surface area contributed by atoms with Gasteiger partial charge in [0.1, 0.15) is 0 Å². The Hall–Kier alpha value is -2.26. The van der Waals surface area contributed by atoms with Crippen molar-refractivity contribution in [3.05, 3.63) is 71.8 Å². The van der Waals surface area contributed by atoms with Gasteiger partial charge in [-0.25, -0.2) is 0 Å². The van der Waals surface area contributed by atoms with Crippen LogP contribution in [0.5, 0.6) is 0 Å². The van der Waals surface area contributed by atoms with Gasteiger partial charge >= 0.3 is 0 Å². The van der Waals surface area contributed by atoms with E-state index >= 15 is 0 Å². The Morgan fingerprint density at radius 2 is 1.80 bits per heavy atom. The van der Waals surface area contributed by atoms with E-state index < -0.39 is 0 Å². The Morgan fingerprint density at radius 1 is 1.00 bits per heavy atom. The van der Waals surface area contributed by atoms with Gasteiger partial charge in [-0.05, 0) is 36.0 Å². The Morgan fingerprint density at radius 3 is 2.60 bits per heavy atom. The summed E-state index contributed by atoms with van der Waals surface area (Å²) in [6.45, 7) is 2.06. The normalized spacial score (nSPS) is 12.5. The number of aryl methyl sites for hydroxylation is 1. The first-order valence-corrected chi connectivity index (χ1v) is 6.71. The summed E-state index contributed by atoms with van der Waals surface area (Å²) in [5, 5.41) is 5.76. The van der Waals surface area contributed by atoms with E-state index in [0.717, 1.165) is 16.5 Å². The molecule has 0 aliphatic rings. The number of benzene rings is 1. The fourth-order valence-electron chi connectivity index (χ4n) is 2.61. The first-order chi connectivity index (χ1) is 9.79. The molecule has 2 heterocycles. The van der Waals surface area contributed by atoms with E-state index in [4.69, 9.17) is 0 Å². The molecule has 0 radical (unpaired) electrons. The molecule has 3 heteroatoms. The quantitative estimate of drug-likeness (QED) is 0.788. The van der Waals surface area contributed by atoms with Crippen LogP contribution in [0.3, 0.4) is 0 Å². The van der Waals surface area contributed by atoms with Crippen LogP contribution in [-0.2, 0) is 0 Å². The minimum Gasteiger partial charge on any atom is -0.309 e. The van der Waals surface area contributed by atoms with E-state index in [9.17, 15) is 0 Å². The van der Waals surface area contributed by atoms with Crippen LogP contribution in [0.25, 0.3) is 10.8 Å². The summed E-state index contributed by atoms with van der Waals surface area (Å²) >= 11 is 0. The molecule has 0 bridgehead atoms. The third-order valence-electron chi connectivity index (χ3n) is 3.53. The van der Waals surface area contributed by atoms with Crippen LogP contribution in [0, 0.1) is 6.92 Å². The third kappa shape index (κ3) is 2.28. The number of nitrogens with zero attached hydrogens (tertiary/aromatic N) is 2. The fraction of sp³-hybridized carbons (Fsp3) is 0.176. The molecule has 2 aromatic heterocycles. The van der Waals surface area contributed by atoms with Gasteiger partial charge in [0, 0.05) is 30.2 Å². The molecule has 0 aliphatic heterocycles. The van der Waals surface area contributed by atoms with Crippen molar-refractivity contribution >= 4 is 10.8 Å². The molecular weight excluding hydrogens is 246 g/mol. The molecule has 0 aliphatic carbocycles. The Labute approximate surface area is 118 Å². The van der Waals surface area contributed by atoms with Crippen LogP contribution in [0.4, 0.5) is 0 Å². The number of pyridine rings is 2. The summed E-state index contributed by atoms with van der Waals surface area (Å²) in [4.78, 5) is 8.67. The maximum absolute atomic E-state index is 4.37. The summed E-state index contributed by atoms with van der Waals surface area (Å²) in [7, 11) is 1.97. The van der Waals surface area contributed by atoms with Crippen molar-refractivity contribution in [3.63, 3.8) is 0 Å². The van der Waals surface area contributed by atoms with Crippen molar-refractivity contribution in [2.45, 2.75) is 13.0 Å². The van der Waals surface area contributed by atoms with Gasteiger partial charge in [0.25, 0.3) is 0 Å². The number of aromatic nitrogens is 2.